The Kier molecular flexibility index (Phi) is 8.88. The van der Waals surface area contributed by atoms with Crippen LogP contribution in [0.2, 0.25) is 15.1 Å². The molecule has 1 atom stereocenters. The maximum atomic E-state index is 13.5. The van der Waals surface area contributed by atoms with Crippen molar-refractivity contribution in [3.63, 3.8) is 0 Å². The van der Waals surface area contributed by atoms with E-state index in [1.807, 2.05) is 37.3 Å². The largest absolute Gasteiger partial charge is 0.480 e. The van der Waals surface area contributed by atoms with Gasteiger partial charge in [-0.2, -0.15) is 0 Å². The van der Waals surface area contributed by atoms with Gasteiger partial charge < -0.3 is 15.7 Å². The van der Waals surface area contributed by atoms with Crippen molar-refractivity contribution < 1.29 is 19.5 Å². The summed E-state index contributed by atoms with van der Waals surface area (Å²) >= 11 is 19.5. The summed E-state index contributed by atoms with van der Waals surface area (Å²) in [7, 11) is 0. The molecule has 3 amide bonds. The first kappa shape index (κ1) is 28.2. The minimum atomic E-state index is -1.08. The Bertz CT molecular complexity index is 1330. The summed E-state index contributed by atoms with van der Waals surface area (Å²) in [5.74, 6) is -1.67. The van der Waals surface area contributed by atoms with Gasteiger partial charge in [0.1, 0.15) is 11.0 Å². The molecule has 4 N–H and O–H groups in total. The number of carboxylic acid groups (broad SMARTS) is 1. The average molecular weight is 595 g/mol. The number of amides is 3. The molecule has 0 bridgehead atoms. The summed E-state index contributed by atoms with van der Waals surface area (Å²) in [5, 5.41) is 18.9. The second kappa shape index (κ2) is 11.9. The van der Waals surface area contributed by atoms with Crippen LogP contribution in [0.3, 0.4) is 0 Å². The first-order valence-corrected chi connectivity index (χ1v) is 14.0. The third-order valence-electron chi connectivity index (χ3n) is 6.72. The van der Waals surface area contributed by atoms with Crippen LogP contribution in [-0.2, 0) is 4.79 Å². The van der Waals surface area contributed by atoms with E-state index in [-0.39, 0.29) is 26.3 Å². The van der Waals surface area contributed by atoms with E-state index in [0.717, 1.165) is 29.7 Å². The number of carbonyl (C=O) groups is 3. The molecule has 1 aromatic heterocycles. The second-order valence-corrected chi connectivity index (χ2v) is 11.8. The molecule has 11 heteroatoms. The summed E-state index contributed by atoms with van der Waals surface area (Å²) < 4.78 is 0. The molecule has 7 nitrogen and oxygen atoms in total. The minimum Gasteiger partial charge on any atom is -0.480 e. The number of aliphatic carboxylic acids is 1. The molecule has 0 spiro atoms. The zero-order valence-corrected chi connectivity index (χ0v) is 23.5. The number of anilines is 2. The highest BCUT2D eigenvalue weighted by molar-refractivity contribution is 7.20. The van der Waals surface area contributed by atoms with Crippen molar-refractivity contribution >= 4 is 74.7 Å². The third-order valence-corrected chi connectivity index (χ3v) is 8.64. The van der Waals surface area contributed by atoms with E-state index in [4.69, 9.17) is 34.8 Å². The Morgan fingerprint density at radius 1 is 0.947 bits per heavy atom. The van der Waals surface area contributed by atoms with E-state index in [2.05, 4.69) is 16.0 Å². The predicted octanol–water partition coefficient (Wildman–Crippen LogP) is 8.17. The number of nitrogens with one attached hydrogen (secondary N) is 3. The van der Waals surface area contributed by atoms with Gasteiger partial charge in [-0.1, -0.05) is 91.3 Å². The zero-order valence-electron chi connectivity index (χ0n) is 20.4. The standard InChI is InChI=1S/C27H26Cl3N3O4S/c1-27(10-6-3-7-11-27)22(25(35)36)32-23(34)17-14-20(15-8-4-2-5-9-15)38-24(17)33-26(37)31-21-18(29)12-16(28)13-19(21)30/h2,4-5,8-9,12-14,22H,3,6-7,10-11H2,1H3,(H,32,34)(H,35,36)(H2,31,33,37)/t22-/m1/s1. The monoisotopic (exact) mass is 593 g/mol. The predicted molar refractivity (Wildman–Crippen MR) is 154 cm³/mol. The summed E-state index contributed by atoms with van der Waals surface area (Å²) in [6.45, 7) is 1.90. The van der Waals surface area contributed by atoms with Gasteiger partial charge in [-0.15, -0.1) is 11.3 Å². The first-order valence-electron chi connectivity index (χ1n) is 12.0. The number of carboxylic acids is 1. The second-order valence-electron chi connectivity index (χ2n) is 9.50. The van der Waals surface area contributed by atoms with Crippen LogP contribution < -0.4 is 16.0 Å². The fourth-order valence-electron chi connectivity index (χ4n) is 4.70. The SMILES string of the molecule is CC1([C@H](NC(=O)c2cc(-c3ccccc3)sc2NC(=O)Nc2c(Cl)cc(Cl)cc2Cl)C(=O)O)CCCCC1. The lowest BCUT2D eigenvalue weighted by Crippen LogP contribution is -2.52. The van der Waals surface area contributed by atoms with Gasteiger partial charge in [-0.3, -0.25) is 10.1 Å². The van der Waals surface area contributed by atoms with Gasteiger partial charge in [0.05, 0.1) is 21.3 Å². The number of halogens is 3. The molecule has 1 heterocycles. The first-order chi connectivity index (χ1) is 18.1. The molecule has 3 aromatic rings. The molecule has 1 fully saturated rings. The number of rotatable bonds is 7. The van der Waals surface area contributed by atoms with Crippen LogP contribution in [0.25, 0.3) is 10.4 Å². The molecule has 1 saturated carbocycles. The van der Waals surface area contributed by atoms with Crippen LogP contribution in [-0.4, -0.2) is 29.1 Å². The van der Waals surface area contributed by atoms with Crippen LogP contribution in [0.4, 0.5) is 15.5 Å². The summed E-state index contributed by atoms with van der Waals surface area (Å²) in [4.78, 5) is 39.4. The quantitative estimate of drug-likeness (QED) is 0.221. The Hall–Kier alpha value is -2.78. The molecule has 4 rings (SSSR count). The summed E-state index contributed by atoms with van der Waals surface area (Å²) in [6, 6.07) is 12.2. The molecular weight excluding hydrogens is 569 g/mol. The van der Waals surface area contributed by atoms with E-state index < -0.39 is 29.4 Å². The van der Waals surface area contributed by atoms with Crippen molar-refractivity contribution in [1.29, 1.82) is 0 Å². The summed E-state index contributed by atoms with van der Waals surface area (Å²) in [5.41, 5.74) is 0.600. The molecule has 1 aliphatic carbocycles. The van der Waals surface area contributed by atoms with E-state index in [9.17, 15) is 19.5 Å². The van der Waals surface area contributed by atoms with E-state index in [1.165, 1.54) is 23.5 Å². The van der Waals surface area contributed by atoms with Gasteiger partial charge in [0.2, 0.25) is 0 Å². The number of benzene rings is 2. The fraction of sp³-hybridized carbons (Fsp3) is 0.296. The number of carbonyl (C=O) groups excluding carboxylic acids is 2. The van der Waals surface area contributed by atoms with E-state index in [1.54, 1.807) is 6.07 Å². The number of thiophene rings is 1. The molecule has 2 aromatic carbocycles. The molecule has 0 saturated heterocycles. The van der Waals surface area contributed by atoms with Gasteiger partial charge >= 0.3 is 12.0 Å². The lowest BCUT2D eigenvalue weighted by Gasteiger charge is -2.38. The molecular formula is C27H26Cl3N3O4S. The molecule has 0 aliphatic heterocycles. The number of hydrogen-bond donors (Lipinski definition) is 4. The van der Waals surface area contributed by atoms with Crippen LogP contribution in [0.15, 0.2) is 48.5 Å². The Morgan fingerprint density at radius 2 is 1.58 bits per heavy atom. The van der Waals surface area contributed by atoms with Gasteiger partial charge in [-0.25, -0.2) is 9.59 Å². The highest BCUT2D eigenvalue weighted by atomic mass is 35.5. The highest BCUT2D eigenvalue weighted by Gasteiger charge is 2.41. The molecule has 38 heavy (non-hydrogen) atoms. The van der Waals surface area contributed by atoms with Gasteiger partial charge in [-0.05, 0) is 42.0 Å². The van der Waals surface area contributed by atoms with Crippen molar-refractivity contribution in [2.75, 3.05) is 10.6 Å². The van der Waals surface area contributed by atoms with Crippen LogP contribution in [0.5, 0.6) is 0 Å². The van der Waals surface area contributed by atoms with Crippen LogP contribution in [0, 0.1) is 5.41 Å². The maximum Gasteiger partial charge on any atom is 0.326 e. The summed E-state index contributed by atoms with van der Waals surface area (Å²) in [6.07, 6.45) is 4.29. The van der Waals surface area contributed by atoms with Gasteiger partial charge in [0.15, 0.2) is 0 Å². The van der Waals surface area contributed by atoms with Crippen molar-refractivity contribution in [1.82, 2.24) is 5.32 Å². The van der Waals surface area contributed by atoms with Gasteiger partial charge in [0, 0.05) is 9.90 Å². The maximum absolute atomic E-state index is 13.5. The normalized spacial score (nSPS) is 15.4. The topological polar surface area (TPSA) is 108 Å². The van der Waals surface area contributed by atoms with Crippen LogP contribution >= 0.6 is 46.1 Å². The zero-order chi connectivity index (χ0) is 27.4. The van der Waals surface area contributed by atoms with Gasteiger partial charge in [0.25, 0.3) is 5.91 Å². The Morgan fingerprint density at radius 3 is 2.18 bits per heavy atom. The number of hydrogen-bond acceptors (Lipinski definition) is 4. The highest BCUT2D eigenvalue weighted by Crippen LogP contribution is 2.40. The fourth-order valence-corrected chi connectivity index (χ4v) is 6.67. The Balaban J connectivity index is 1.63. The average Bonchev–Trinajstić information content (AvgIpc) is 3.29. The third kappa shape index (κ3) is 6.43. The van der Waals surface area contributed by atoms with Crippen LogP contribution in [0.1, 0.15) is 49.4 Å². The number of urea groups is 1. The Labute approximate surface area is 239 Å². The lowest BCUT2D eigenvalue weighted by atomic mass is 9.70. The van der Waals surface area contributed by atoms with Crippen molar-refractivity contribution in [2.24, 2.45) is 5.41 Å². The van der Waals surface area contributed by atoms with E-state index >= 15 is 0 Å². The van der Waals surface area contributed by atoms with E-state index in [0.29, 0.717) is 17.9 Å². The molecule has 0 radical (unpaired) electrons. The van der Waals surface area contributed by atoms with Crippen molar-refractivity contribution in [2.45, 2.75) is 45.1 Å². The molecule has 0 unspecified atom stereocenters. The smallest absolute Gasteiger partial charge is 0.326 e. The lowest BCUT2D eigenvalue weighted by molar-refractivity contribution is -0.143. The molecule has 200 valence electrons. The van der Waals surface area contributed by atoms with Crippen molar-refractivity contribution in [3.8, 4) is 10.4 Å². The molecule has 1 aliphatic rings. The van der Waals surface area contributed by atoms with Crippen molar-refractivity contribution in [3.05, 3.63) is 69.2 Å². The minimum absolute atomic E-state index is 0.150.